The van der Waals surface area contributed by atoms with Crippen LogP contribution in [0.15, 0.2) is 0 Å². The van der Waals surface area contributed by atoms with Gasteiger partial charge in [-0.1, -0.05) is 0 Å². The topological polar surface area (TPSA) is 69.6 Å². The highest BCUT2D eigenvalue weighted by Gasteiger charge is 2.35. The molecule has 1 aliphatic carbocycles. The highest BCUT2D eigenvalue weighted by atomic mass is 16.4. The van der Waals surface area contributed by atoms with E-state index in [1.54, 1.807) is 4.90 Å². The van der Waals surface area contributed by atoms with Gasteiger partial charge in [-0.3, -0.25) is 9.59 Å². The quantitative estimate of drug-likeness (QED) is 0.657. The van der Waals surface area contributed by atoms with Crippen LogP contribution in [0.5, 0.6) is 0 Å². The van der Waals surface area contributed by atoms with Crippen LogP contribution in [0, 0.1) is 5.92 Å². The second-order valence-electron chi connectivity index (χ2n) is 4.42. The first-order valence-electron chi connectivity index (χ1n) is 6.34. The lowest BCUT2D eigenvalue weighted by molar-refractivity contribution is -0.140. The van der Waals surface area contributed by atoms with E-state index in [1.165, 1.54) is 0 Å². The van der Waals surface area contributed by atoms with Gasteiger partial charge in [0.1, 0.15) is 6.04 Å². The molecule has 1 atom stereocenters. The molecule has 0 heterocycles. The summed E-state index contributed by atoms with van der Waals surface area (Å²) in [6.45, 7) is 5.75. The molecule has 0 saturated heterocycles. The third kappa shape index (κ3) is 4.34. The van der Waals surface area contributed by atoms with Gasteiger partial charge in [-0.05, 0) is 32.6 Å². The summed E-state index contributed by atoms with van der Waals surface area (Å²) in [6, 6.07) is -0.473. The fraction of sp³-hybridized carbons (Fsp3) is 0.833. The van der Waals surface area contributed by atoms with Crippen LogP contribution in [0.1, 0.15) is 33.1 Å². The number of hydrogen-bond donors (Lipinski definition) is 2. The average Bonchev–Trinajstić information content (AvgIpc) is 3.09. The molecule has 2 N–H and O–H groups in total. The van der Waals surface area contributed by atoms with Gasteiger partial charge in [0.05, 0.1) is 0 Å². The molecule has 0 aromatic rings. The Morgan fingerprint density at radius 2 is 1.94 bits per heavy atom. The predicted octanol–water partition coefficient (Wildman–Crippen LogP) is 0.698. The Kier molecular flexibility index (Phi) is 5.41. The Morgan fingerprint density at radius 3 is 2.35 bits per heavy atom. The van der Waals surface area contributed by atoms with Crippen molar-refractivity contribution in [3.8, 4) is 0 Å². The van der Waals surface area contributed by atoms with E-state index in [-0.39, 0.29) is 11.8 Å². The number of carboxylic acid groups (broad SMARTS) is 1. The fourth-order valence-corrected chi connectivity index (χ4v) is 1.95. The molecule has 0 aromatic carbocycles. The minimum atomic E-state index is -0.803. The second kappa shape index (κ2) is 6.59. The van der Waals surface area contributed by atoms with Gasteiger partial charge in [0.2, 0.25) is 5.91 Å². The molecule has 1 rings (SSSR count). The highest BCUT2D eigenvalue weighted by Crippen LogP contribution is 2.32. The molecule has 1 fully saturated rings. The van der Waals surface area contributed by atoms with Gasteiger partial charge in [-0.25, -0.2) is 0 Å². The van der Waals surface area contributed by atoms with Crippen molar-refractivity contribution in [3.05, 3.63) is 0 Å². The van der Waals surface area contributed by atoms with E-state index in [2.05, 4.69) is 5.32 Å². The lowest BCUT2D eigenvalue weighted by Crippen LogP contribution is -2.41. The number of rotatable bonds is 8. The molecule has 0 bridgehead atoms. The highest BCUT2D eigenvalue weighted by molar-refractivity contribution is 5.77. The number of aliphatic carboxylic acids is 1. The van der Waals surface area contributed by atoms with Gasteiger partial charge in [0.25, 0.3) is 0 Å². The molecule has 5 nitrogen and oxygen atoms in total. The normalized spacial score (nSPS) is 16.6. The maximum Gasteiger partial charge on any atom is 0.320 e. The number of amides is 1. The Morgan fingerprint density at radius 1 is 1.35 bits per heavy atom. The minimum absolute atomic E-state index is 0.0856. The summed E-state index contributed by atoms with van der Waals surface area (Å²) in [5.74, 6) is -0.457. The first-order valence-corrected chi connectivity index (χ1v) is 6.34. The lowest BCUT2D eigenvalue weighted by atomic mass is 10.2. The molecular formula is C12H22N2O3. The molecule has 0 spiro atoms. The summed E-state index contributed by atoms with van der Waals surface area (Å²) in [4.78, 5) is 24.4. The van der Waals surface area contributed by atoms with E-state index in [1.807, 2.05) is 13.8 Å². The fourth-order valence-electron chi connectivity index (χ4n) is 1.95. The van der Waals surface area contributed by atoms with E-state index >= 15 is 0 Å². The number of nitrogens with one attached hydrogen (secondary N) is 1. The molecule has 17 heavy (non-hydrogen) atoms. The number of carbonyl (C=O) groups is 2. The van der Waals surface area contributed by atoms with E-state index < -0.39 is 12.0 Å². The zero-order valence-electron chi connectivity index (χ0n) is 10.6. The zero-order valence-corrected chi connectivity index (χ0v) is 10.6. The van der Waals surface area contributed by atoms with E-state index in [0.29, 0.717) is 26.1 Å². The van der Waals surface area contributed by atoms with E-state index in [4.69, 9.17) is 5.11 Å². The van der Waals surface area contributed by atoms with Gasteiger partial charge >= 0.3 is 5.97 Å². The van der Waals surface area contributed by atoms with Crippen molar-refractivity contribution in [1.82, 2.24) is 10.2 Å². The van der Waals surface area contributed by atoms with Crippen LogP contribution in [0.2, 0.25) is 0 Å². The standard InChI is InChI=1S/C12H22N2O3/c1-3-14(4-2)10(15)7-8-13-11(12(16)17)9-5-6-9/h9,11,13H,3-8H2,1-2H3,(H,16,17). The van der Waals surface area contributed by atoms with Crippen LogP contribution in [-0.4, -0.2) is 47.6 Å². The third-order valence-electron chi connectivity index (χ3n) is 3.18. The molecule has 0 aromatic heterocycles. The summed E-state index contributed by atoms with van der Waals surface area (Å²) < 4.78 is 0. The maximum absolute atomic E-state index is 11.7. The van der Waals surface area contributed by atoms with Gasteiger partial charge < -0.3 is 15.3 Å². The molecular weight excluding hydrogens is 220 g/mol. The molecule has 0 aliphatic heterocycles. The zero-order chi connectivity index (χ0) is 12.8. The van der Waals surface area contributed by atoms with E-state index in [9.17, 15) is 9.59 Å². The molecule has 5 heteroatoms. The molecule has 98 valence electrons. The van der Waals surface area contributed by atoms with Crippen molar-refractivity contribution < 1.29 is 14.7 Å². The average molecular weight is 242 g/mol. The predicted molar refractivity (Wildman–Crippen MR) is 64.7 cm³/mol. The van der Waals surface area contributed by atoms with Crippen molar-refractivity contribution in [2.75, 3.05) is 19.6 Å². The van der Waals surface area contributed by atoms with Crippen LogP contribution < -0.4 is 5.32 Å². The van der Waals surface area contributed by atoms with Gasteiger partial charge in [-0.15, -0.1) is 0 Å². The van der Waals surface area contributed by atoms with Crippen LogP contribution in [0.3, 0.4) is 0 Å². The largest absolute Gasteiger partial charge is 0.480 e. The molecule has 1 aliphatic rings. The van der Waals surface area contributed by atoms with Gasteiger partial charge in [0.15, 0.2) is 0 Å². The maximum atomic E-state index is 11.7. The molecule has 0 radical (unpaired) electrons. The third-order valence-corrected chi connectivity index (χ3v) is 3.18. The van der Waals surface area contributed by atoms with Crippen LogP contribution in [0.4, 0.5) is 0 Å². The summed E-state index contributed by atoms with van der Waals surface area (Å²) in [5, 5.41) is 12.0. The van der Waals surface area contributed by atoms with Gasteiger partial charge in [-0.2, -0.15) is 0 Å². The van der Waals surface area contributed by atoms with Crippen LogP contribution in [-0.2, 0) is 9.59 Å². The number of carbonyl (C=O) groups excluding carboxylic acids is 1. The smallest absolute Gasteiger partial charge is 0.320 e. The minimum Gasteiger partial charge on any atom is -0.480 e. The molecule has 1 saturated carbocycles. The Labute approximate surface area is 102 Å². The van der Waals surface area contributed by atoms with Crippen LogP contribution in [0.25, 0.3) is 0 Å². The summed E-state index contributed by atoms with van der Waals surface area (Å²) in [7, 11) is 0. The van der Waals surface area contributed by atoms with Crippen LogP contribution >= 0.6 is 0 Å². The summed E-state index contributed by atoms with van der Waals surface area (Å²) in [6.07, 6.45) is 2.33. The van der Waals surface area contributed by atoms with E-state index in [0.717, 1.165) is 12.8 Å². The van der Waals surface area contributed by atoms with Crippen molar-refractivity contribution in [2.45, 2.75) is 39.2 Å². The molecule has 1 unspecified atom stereocenters. The Hall–Kier alpha value is -1.10. The monoisotopic (exact) mass is 242 g/mol. The first kappa shape index (κ1) is 14.0. The number of carboxylic acids is 1. The molecule has 1 amide bonds. The number of nitrogens with zero attached hydrogens (tertiary/aromatic N) is 1. The van der Waals surface area contributed by atoms with Gasteiger partial charge in [0, 0.05) is 26.1 Å². The summed E-state index contributed by atoms with van der Waals surface area (Å²) >= 11 is 0. The van der Waals surface area contributed by atoms with Crippen molar-refractivity contribution in [1.29, 1.82) is 0 Å². The first-order chi connectivity index (χ1) is 8.10. The Bertz CT molecular complexity index is 273. The van der Waals surface area contributed by atoms with Crippen molar-refractivity contribution >= 4 is 11.9 Å². The van der Waals surface area contributed by atoms with Crippen molar-refractivity contribution in [3.63, 3.8) is 0 Å². The summed E-state index contributed by atoms with van der Waals surface area (Å²) in [5.41, 5.74) is 0. The Balaban J connectivity index is 2.26. The number of hydrogen-bond acceptors (Lipinski definition) is 3. The lowest BCUT2D eigenvalue weighted by Gasteiger charge is -2.19. The van der Waals surface area contributed by atoms with Crippen molar-refractivity contribution in [2.24, 2.45) is 5.92 Å². The second-order valence-corrected chi connectivity index (χ2v) is 4.42. The SMILES string of the molecule is CCN(CC)C(=O)CCNC(C(=O)O)C1CC1.